The Labute approximate surface area is 131 Å². The zero-order valence-corrected chi connectivity index (χ0v) is 14.2. The van der Waals surface area contributed by atoms with E-state index in [0.29, 0.717) is 19.6 Å². The minimum atomic E-state index is -3.80. The number of nitrogens with zero attached hydrogens (tertiary/aromatic N) is 3. The number of amides is 1. The van der Waals surface area contributed by atoms with Crippen molar-refractivity contribution in [2.24, 2.45) is 0 Å². The number of rotatable bonds is 4. The molecule has 0 bridgehead atoms. The van der Waals surface area contributed by atoms with Gasteiger partial charge in [0.25, 0.3) is 0 Å². The monoisotopic (exact) mass is 329 g/mol. The first kappa shape index (κ1) is 17.0. The maximum absolute atomic E-state index is 12.7. The number of imidazole rings is 1. The van der Waals surface area contributed by atoms with Crippen LogP contribution in [0.5, 0.6) is 0 Å². The molecule has 0 aliphatic carbocycles. The van der Waals surface area contributed by atoms with Crippen molar-refractivity contribution >= 4 is 15.7 Å². The number of sulfone groups is 1. The van der Waals surface area contributed by atoms with Crippen LogP contribution in [-0.4, -0.2) is 59.3 Å². The zero-order chi connectivity index (χ0) is 16.5. The van der Waals surface area contributed by atoms with Gasteiger partial charge in [0.15, 0.2) is 0 Å². The van der Waals surface area contributed by atoms with Crippen LogP contribution in [0.1, 0.15) is 27.7 Å². The molecule has 2 rings (SSSR count). The number of morpholine rings is 1. The fourth-order valence-electron chi connectivity index (χ4n) is 2.70. The van der Waals surface area contributed by atoms with E-state index < -0.39 is 21.0 Å². The second-order valence-corrected chi connectivity index (χ2v) is 7.85. The maximum atomic E-state index is 12.7. The first-order valence-corrected chi connectivity index (χ1v) is 9.01. The predicted octanol–water partition coefficient (Wildman–Crippen LogP) is 0.701. The van der Waals surface area contributed by atoms with Crippen molar-refractivity contribution in [3.63, 3.8) is 0 Å². The van der Waals surface area contributed by atoms with Gasteiger partial charge in [-0.25, -0.2) is 13.4 Å². The summed E-state index contributed by atoms with van der Waals surface area (Å²) in [6, 6.07) is 0. The number of ether oxygens (including phenoxy) is 1. The Morgan fingerprint density at radius 3 is 2.55 bits per heavy atom. The van der Waals surface area contributed by atoms with Crippen LogP contribution >= 0.6 is 0 Å². The molecule has 1 aliphatic heterocycles. The van der Waals surface area contributed by atoms with Crippen molar-refractivity contribution in [3.8, 4) is 0 Å². The van der Waals surface area contributed by atoms with Gasteiger partial charge in [-0.05, 0) is 27.7 Å². The quantitative estimate of drug-likeness (QED) is 0.812. The van der Waals surface area contributed by atoms with Crippen LogP contribution in [0.2, 0.25) is 0 Å². The smallest absolute Gasteiger partial charge is 0.241 e. The molecule has 0 spiro atoms. The Bertz CT molecular complexity index is 630. The molecule has 22 heavy (non-hydrogen) atoms. The van der Waals surface area contributed by atoms with E-state index in [0.717, 1.165) is 0 Å². The molecule has 124 valence electrons. The summed E-state index contributed by atoms with van der Waals surface area (Å²) in [5.74, 6) is -0.396. The standard InChI is InChI=1S/C14H23N3O4S/c1-5-16-7-6-15-14(16)22(19,20)12(4)13(18)17-8-10(2)21-11(3)9-17/h6-7,10-12H,5,8-9H2,1-4H3/t10-,11-,12+/m0/s1. The third-order valence-corrected chi connectivity index (χ3v) is 5.80. The number of aromatic nitrogens is 2. The van der Waals surface area contributed by atoms with Crippen molar-refractivity contribution in [1.82, 2.24) is 14.5 Å². The van der Waals surface area contributed by atoms with E-state index in [1.165, 1.54) is 17.7 Å². The topological polar surface area (TPSA) is 81.5 Å². The molecule has 1 fully saturated rings. The molecule has 8 heteroatoms. The molecule has 0 aromatic carbocycles. The third kappa shape index (κ3) is 3.17. The average molecular weight is 329 g/mol. The summed E-state index contributed by atoms with van der Waals surface area (Å²) in [6.07, 6.45) is 2.84. The molecule has 1 aromatic heterocycles. The summed E-state index contributed by atoms with van der Waals surface area (Å²) in [4.78, 5) is 18.1. The van der Waals surface area contributed by atoms with Crippen LogP contribution in [0.15, 0.2) is 17.6 Å². The Balaban J connectivity index is 2.23. The molecule has 1 aromatic rings. The molecule has 0 saturated carbocycles. The van der Waals surface area contributed by atoms with E-state index in [-0.39, 0.29) is 17.4 Å². The Morgan fingerprint density at radius 1 is 1.41 bits per heavy atom. The van der Waals surface area contributed by atoms with Gasteiger partial charge in [-0.3, -0.25) is 4.79 Å². The first-order valence-electron chi connectivity index (χ1n) is 7.46. The van der Waals surface area contributed by atoms with Gasteiger partial charge in [-0.1, -0.05) is 0 Å². The highest BCUT2D eigenvalue weighted by Gasteiger charge is 2.37. The van der Waals surface area contributed by atoms with Gasteiger partial charge in [-0.15, -0.1) is 0 Å². The average Bonchev–Trinajstić information content (AvgIpc) is 2.93. The number of hydrogen-bond donors (Lipinski definition) is 0. The largest absolute Gasteiger partial charge is 0.372 e. The molecule has 2 heterocycles. The summed E-state index contributed by atoms with van der Waals surface area (Å²) in [6.45, 7) is 8.31. The van der Waals surface area contributed by atoms with Gasteiger partial charge in [0.1, 0.15) is 5.25 Å². The van der Waals surface area contributed by atoms with Gasteiger partial charge in [0.05, 0.1) is 12.2 Å². The van der Waals surface area contributed by atoms with Gasteiger partial charge in [-0.2, -0.15) is 0 Å². The Morgan fingerprint density at radius 2 is 2.00 bits per heavy atom. The van der Waals surface area contributed by atoms with Crippen molar-refractivity contribution < 1.29 is 17.9 Å². The number of hydrogen-bond acceptors (Lipinski definition) is 5. The molecular weight excluding hydrogens is 306 g/mol. The highest BCUT2D eigenvalue weighted by molar-refractivity contribution is 7.92. The highest BCUT2D eigenvalue weighted by atomic mass is 32.2. The number of carbonyl (C=O) groups excluding carboxylic acids is 1. The molecule has 1 aliphatic rings. The molecule has 1 saturated heterocycles. The van der Waals surface area contributed by atoms with Crippen molar-refractivity contribution in [2.45, 2.75) is 56.9 Å². The van der Waals surface area contributed by atoms with E-state index in [1.807, 2.05) is 20.8 Å². The minimum Gasteiger partial charge on any atom is -0.372 e. The summed E-state index contributed by atoms with van der Waals surface area (Å²) >= 11 is 0. The maximum Gasteiger partial charge on any atom is 0.241 e. The van der Waals surface area contributed by atoms with Gasteiger partial charge in [0.2, 0.25) is 20.9 Å². The molecule has 0 radical (unpaired) electrons. The van der Waals surface area contributed by atoms with E-state index >= 15 is 0 Å². The Kier molecular flexibility index (Phi) is 4.91. The van der Waals surface area contributed by atoms with E-state index in [4.69, 9.17) is 4.74 Å². The summed E-state index contributed by atoms with van der Waals surface area (Å²) in [5, 5.41) is -1.21. The van der Waals surface area contributed by atoms with Crippen LogP contribution < -0.4 is 0 Å². The van der Waals surface area contributed by atoms with E-state index in [2.05, 4.69) is 4.98 Å². The molecule has 0 N–H and O–H groups in total. The van der Waals surface area contributed by atoms with Crippen molar-refractivity contribution in [2.75, 3.05) is 13.1 Å². The fraction of sp³-hybridized carbons (Fsp3) is 0.714. The van der Waals surface area contributed by atoms with Gasteiger partial charge < -0.3 is 14.2 Å². The van der Waals surface area contributed by atoms with Crippen LogP contribution in [0.25, 0.3) is 0 Å². The van der Waals surface area contributed by atoms with Crippen molar-refractivity contribution in [3.05, 3.63) is 12.4 Å². The van der Waals surface area contributed by atoms with Crippen LogP contribution in [0.4, 0.5) is 0 Å². The lowest BCUT2D eigenvalue weighted by molar-refractivity contribution is -0.142. The lowest BCUT2D eigenvalue weighted by Gasteiger charge is -2.36. The second kappa shape index (κ2) is 6.37. The van der Waals surface area contributed by atoms with Gasteiger partial charge in [0, 0.05) is 32.0 Å². The lowest BCUT2D eigenvalue weighted by atomic mass is 10.2. The summed E-state index contributed by atoms with van der Waals surface area (Å²) < 4.78 is 32.4. The highest BCUT2D eigenvalue weighted by Crippen LogP contribution is 2.19. The predicted molar refractivity (Wildman–Crippen MR) is 81.1 cm³/mol. The van der Waals surface area contributed by atoms with Crippen molar-refractivity contribution in [1.29, 1.82) is 0 Å². The molecule has 1 amide bonds. The van der Waals surface area contributed by atoms with Crippen LogP contribution in [-0.2, 0) is 25.9 Å². The third-order valence-electron chi connectivity index (χ3n) is 3.82. The SMILES string of the molecule is CCn1ccnc1S(=O)(=O)[C@H](C)C(=O)N1C[C@H](C)O[C@@H](C)C1. The van der Waals surface area contributed by atoms with E-state index in [9.17, 15) is 13.2 Å². The summed E-state index contributed by atoms with van der Waals surface area (Å²) in [7, 11) is -3.80. The van der Waals surface area contributed by atoms with Crippen LogP contribution in [0, 0.1) is 0 Å². The Hall–Kier alpha value is -1.41. The first-order chi connectivity index (χ1) is 10.3. The second-order valence-electron chi connectivity index (χ2n) is 5.68. The zero-order valence-electron chi connectivity index (χ0n) is 13.4. The molecular formula is C14H23N3O4S. The van der Waals surface area contributed by atoms with Crippen LogP contribution in [0.3, 0.4) is 0 Å². The van der Waals surface area contributed by atoms with E-state index in [1.54, 1.807) is 11.1 Å². The molecule has 0 unspecified atom stereocenters. The molecule has 3 atom stereocenters. The lowest BCUT2D eigenvalue weighted by Crippen LogP contribution is -2.52. The number of carbonyl (C=O) groups is 1. The number of aryl methyl sites for hydroxylation is 1. The molecule has 7 nitrogen and oxygen atoms in total. The normalized spacial score (nSPS) is 24.3. The summed E-state index contributed by atoms with van der Waals surface area (Å²) in [5.41, 5.74) is 0. The minimum absolute atomic E-state index is 0.0507. The fourth-order valence-corrected chi connectivity index (χ4v) is 4.15. The van der Waals surface area contributed by atoms with Gasteiger partial charge >= 0.3 is 0 Å².